The fourth-order valence-corrected chi connectivity index (χ4v) is 4.12. The molecule has 2 N–H and O–H groups in total. The highest BCUT2D eigenvalue weighted by Gasteiger charge is 2.19. The third kappa shape index (κ3) is 28.3. The van der Waals surface area contributed by atoms with Crippen LogP contribution in [0.4, 0.5) is 0 Å². The van der Waals surface area contributed by atoms with Gasteiger partial charge in [0.15, 0.2) is 11.5 Å². The molecule has 0 atom stereocenters. The maximum absolute atomic E-state index is 13.2. The summed E-state index contributed by atoms with van der Waals surface area (Å²) >= 11 is 0. The molecule has 0 bridgehead atoms. The van der Waals surface area contributed by atoms with Crippen molar-refractivity contribution in [3.63, 3.8) is 0 Å². The van der Waals surface area contributed by atoms with Gasteiger partial charge in [0, 0.05) is 25.8 Å². The lowest BCUT2D eigenvalue weighted by Crippen LogP contribution is -2.25. The molecule has 0 aliphatic rings. The monoisotopic (exact) mass is 763 g/mol. The van der Waals surface area contributed by atoms with Gasteiger partial charge in [0.2, 0.25) is 5.75 Å². The molecule has 53 heavy (non-hydrogen) atoms. The van der Waals surface area contributed by atoms with E-state index in [1.807, 2.05) is 0 Å². The van der Waals surface area contributed by atoms with Crippen LogP contribution in [0.3, 0.4) is 0 Å². The number of nitrogens with one attached hydrogen (secondary N) is 1. The van der Waals surface area contributed by atoms with E-state index >= 15 is 0 Å². The maximum Gasteiger partial charge on any atom is 0.305 e. The van der Waals surface area contributed by atoms with Crippen molar-refractivity contribution >= 4 is 11.9 Å². The Morgan fingerprint density at radius 1 is 0.585 bits per heavy atom. The Balaban J connectivity index is 2.84. The number of carboxylic acid groups (broad SMARTS) is 1. The summed E-state index contributed by atoms with van der Waals surface area (Å²) in [5, 5.41) is 11.7. The molecule has 0 saturated heterocycles. The molecule has 0 spiro atoms. The van der Waals surface area contributed by atoms with Crippen LogP contribution in [0.15, 0.2) is 12.1 Å². The summed E-state index contributed by atoms with van der Waals surface area (Å²) in [5.41, 5.74) is 0.350. The van der Waals surface area contributed by atoms with Crippen LogP contribution in [0.2, 0.25) is 0 Å². The topological polar surface area (TPSA) is 177 Å². The van der Waals surface area contributed by atoms with Gasteiger partial charge in [0.05, 0.1) is 112 Å². The van der Waals surface area contributed by atoms with Crippen molar-refractivity contribution in [3.05, 3.63) is 17.7 Å². The molecule has 16 heteroatoms. The van der Waals surface area contributed by atoms with Gasteiger partial charge in [-0.05, 0) is 30.9 Å². The number of methoxy groups -OCH3 is 1. The minimum absolute atomic E-state index is 0.0717. The van der Waals surface area contributed by atoms with Gasteiger partial charge in [-0.1, -0.05) is 20.8 Å². The fourth-order valence-electron chi connectivity index (χ4n) is 4.12. The van der Waals surface area contributed by atoms with E-state index in [2.05, 4.69) is 26.1 Å². The Bertz CT molecular complexity index is 1030. The molecule has 0 aliphatic carbocycles. The first-order valence-electron chi connectivity index (χ1n) is 18.6. The third-order valence-corrected chi connectivity index (χ3v) is 6.84. The van der Waals surface area contributed by atoms with Crippen LogP contribution in [-0.2, 0) is 47.4 Å². The number of carbonyl (C=O) groups excluding carboxylic acids is 1. The van der Waals surface area contributed by atoms with Gasteiger partial charge in [-0.2, -0.15) is 0 Å². The summed E-state index contributed by atoms with van der Waals surface area (Å²) in [6, 6.07) is 3.24. The van der Waals surface area contributed by atoms with Gasteiger partial charge < -0.3 is 67.3 Å². The Hall–Kier alpha value is -2.80. The van der Waals surface area contributed by atoms with Crippen molar-refractivity contribution in [2.45, 2.75) is 40.0 Å². The average molecular weight is 764 g/mol. The van der Waals surface area contributed by atoms with E-state index in [1.54, 1.807) is 19.2 Å². The number of benzene rings is 1. The van der Waals surface area contributed by atoms with Crippen LogP contribution in [-0.4, -0.2) is 163 Å². The lowest BCUT2D eigenvalue weighted by atomic mass is 10.1. The minimum atomic E-state index is -0.921. The van der Waals surface area contributed by atoms with Crippen LogP contribution in [0.25, 0.3) is 0 Å². The molecule has 0 radical (unpaired) electrons. The van der Waals surface area contributed by atoms with Gasteiger partial charge in [-0.25, -0.2) is 0 Å². The molecule has 0 unspecified atom stereocenters. The second kappa shape index (κ2) is 34.9. The van der Waals surface area contributed by atoms with Crippen molar-refractivity contribution in [2.24, 2.45) is 5.92 Å². The Morgan fingerprint density at radius 2 is 0.981 bits per heavy atom. The number of hydrogen-bond donors (Lipinski definition) is 2. The number of carboxylic acids is 1. The predicted molar refractivity (Wildman–Crippen MR) is 196 cm³/mol. The summed E-state index contributed by atoms with van der Waals surface area (Å²) in [6.07, 6.45) is 1.73. The fraction of sp³-hybridized carbons (Fsp3) is 0.784. The molecule has 0 heterocycles. The van der Waals surface area contributed by atoms with Gasteiger partial charge in [-0.3, -0.25) is 9.59 Å². The lowest BCUT2D eigenvalue weighted by molar-refractivity contribution is -0.138. The molecule has 16 nitrogen and oxygen atoms in total. The minimum Gasteiger partial charge on any atom is -0.487 e. The summed E-state index contributed by atoms with van der Waals surface area (Å²) in [7, 11) is 1.62. The number of carbonyl (C=O) groups is 2. The molecule has 308 valence electrons. The van der Waals surface area contributed by atoms with Gasteiger partial charge in [0.25, 0.3) is 5.91 Å². The molecule has 1 rings (SSSR count). The van der Waals surface area contributed by atoms with E-state index in [0.717, 1.165) is 12.8 Å². The first kappa shape index (κ1) is 48.2. The van der Waals surface area contributed by atoms with E-state index in [9.17, 15) is 9.59 Å². The summed E-state index contributed by atoms with van der Waals surface area (Å²) < 4.78 is 67.3. The molecular formula is C37H65NO15. The van der Waals surface area contributed by atoms with Gasteiger partial charge in [0.1, 0.15) is 19.8 Å². The normalized spacial score (nSPS) is 11.3. The number of ether oxygens (including phenoxy) is 12. The molecule has 0 aliphatic heterocycles. The molecule has 1 aromatic carbocycles. The Morgan fingerprint density at radius 3 is 1.40 bits per heavy atom. The maximum atomic E-state index is 13.2. The second-order valence-corrected chi connectivity index (χ2v) is 11.8. The summed E-state index contributed by atoms with van der Waals surface area (Å²) in [6.45, 7) is 14.0. The van der Waals surface area contributed by atoms with Crippen molar-refractivity contribution in [2.75, 3.05) is 146 Å². The first-order chi connectivity index (χ1) is 25.9. The van der Waals surface area contributed by atoms with E-state index < -0.39 is 5.97 Å². The van der Waals surface area contributed by atoms with Crippen LogP contribution >= 0.6 is 0 Å². The molecular weight excluding hydrogens is 698 g/mol. The van der Waals surface area contributed by atoms with E-state index in [0.29, 0.717) is 108 Å². The third-order valence-electron chi connectivity index (χ3n) is 6.84. The van der Waals surface area contributed by atoms with Crippen LogP contribution in [0.1, 0.15) is 50.4 Å². The van der Waals surface area contributed by atoms with Crippen molar-refractivity contribution in [3.8, 4) is 17.2 Å². The van der Waals surface area contributed by atoms with Crippen LogP contribution < -0.4 is 19.5 Å². The standard InChI is InChI=1S/C37H65NO15/c1-5-9-43-13-15-46-19-21-48-23-26-51-33-29-32(37(41)38-8-6-31(2)3)30-34(36(33)53-28-25-50-16-14-44-10-7-35(39)40)52-27-24-49-22-20-47-18-17-45-12-11-42-4/h29-31H,5-28H2,1-4H3,(H,38,41)(H,39,40). The number of aliphatic carboxylic acids is 1. The Kier molecular flexibility index (Phi) is 31.8. The predicted octanol–water partition coefficient (Wildman–Crippen LogP) is 3.26. The van der Waals surface area contributed by atoms with Crippen LogP contribution in [0, 0.1) is 5.92 Å². The van der Waals surface area contributed by atoms with Crippen molar-refractivity contribution in [1.29, 1.82) is 0 Å². The SMILES string of the molecule is CCCOCCOCCOCCOc1cc(C(=O)NCCC(C)C)cc(OCCOCCOCCOCCOC)c1OCCOCCOCCC(=O)O. The zero-order chi connectivity index (χ0) is 38.6. The number of rotatable bonds is 39. The zero-order valence-electron chi connectivity index (χ0n) is 32.4. The highest BCUT2D eigenvalue weighted by molar-refractivity contribution is 5.95. The molecule has 0 fully saturated rings. The molecule has 0 saturated carbocycles. The second-order valence-electron chi connectivity index (χ2n) is 11.8. The molecule has 1 aromatic rings. The smallest absolute Gasteiger partial charge is 0.305 e. The van der Waals surface area contributed by atoms with Crippen molar-refractivity contribution < 1.29 is 71.5 Å². The first-order valence-corrected chi connectivity index (χ1v) is 18.6. The highest BCUT2D eigenvalue weighted by Crippen LogP contribution is 2.39. The largest absolute Gasteiger partial charge is 0.487 e. The lowest BCUT2D eigenvalue weighted by Gasteiger charge is -2.19. The van der Waals surface area contributed by atoms with E-state index in [4.69, 9.17) is 61.9 Å². The van der Waals surface area contributed by atoms with Gasteiger partial charge >= 0.3 is 5.97 Å². The number of hydrogen-bond acceptors (Lipinski definition) is 14. The molecule has 1 amide bonds. The number of amides is 1. The quantitative estimate of drug-likeness (QED) is 0.0934. The van der Waals surface area contributed by atoms with E-state index in [-0.39, 0.29) is 71.8 Å². The average Bonchev–Trinajstić information content (AvgIpc) is 3.13. The zero-order valence-corrected chi connectivity index (χ0v) is 32.4. The summed E-state index contributed by atoms with van der Waals surface area (Å²) in [4.78, 5) is 23.8. The van der Waals surface area contributed by atoms with Gasteiger partial charge in [-0.15, -0.1) is 0 Å². The summed E-state index contributed by atoms with van der Waals surface area (Å²) in [5.74, 6) is 0.160. The highest BCUT2D eigenvalue weighted by atomic mass is 16.6. The van der Waals surface area contributed by atoms with E-state index in [1.165, 1.54) is 0 Å². The Labute approximate surface area is 315 Å². The van der Waals surface area contributed by atoms with Crippen molar-refractivity contribution in [1.82, 2.24) is 5.32 Å². The molecule has 0 aromatic heterocycles. The van der Waals surface area contributed by atoms with Crippen LogP contribution in [0.5, 0.6) is 17.2 Å².